The first kappa shape index (κ1) is 17.5. The van der Waals surface area contributed by atoms with Crippen molar-refractivity contribution in [3.8, 4) is 0 Å². The first-order valence-electron chi connectivity index (χ1n) is 7.71. The van der Waals surface area contributed by atoms with Gasteiger partial charge in [-0.25, -0.2) is 0 Å². The van der Waals surface area contributed by atoms with Crippen molar-refractivity contribution in [2.24, 2.45) is 0 Å². The largest absolute Gasteiger partial charge is 0.480 e. The van der Waals surface area contributed by atoms with Gasteiger partial charge in [-0.15, -0.1) is 0 Å². The summed E-state index contributed by atoms with van der Waals surface area (Å²) in [5.74, 6) is -1.21. The van der Waals surface area contributed by atoms with E-state index in [2.05, 4.69) is 0 Å². The maximum Gasteiger partial charge on any atom is 0.323 e. The van der Waals surface area contributed by atoms with E-state index in [4.69, 9.17) is 5.11 Å². The highest BCUT2D eigenvalue weighted by atomic mass is 32.1. The molecule has 1 N–H and O–H groups in total. The Bertz CT molecular complexity index is 599. The zero-order chi connectivity index (χ0) is 17.0. The number of hydrogen-bond acceptors (Lipinski definition) is 4. The lowest BCUT2D eigenvalue weighted by molar-refractivity contribution is -0.145. The van der Waals surface area contributed by atoms with Crippen molar-refractivity contribution in [3.63, 3.8) is 0 Å². The third-order valence-corrected chi connectivity index (χ3v) is 5.08. The predicted molar refractivity (Wildman–Crippen MR) is 87.6 cm³/mol. The van der Waals surface area contributed by atoms with E-state index < -0.39 is 5.97 Å². The summed E-state index contributed by atoms with van der Waals surface area (Å²) in [5, 5.41) is 12.8. The van der Waals surface area contributed by atoms with Gasteiger partial charge in [0.25, 0.3) is 5.91 Å². The minimum atomic E-state index is -1.01. The van der Waals surface area contributed by atoms with Gasteiger partial charge in [0.15, 0.2) is 0 Å². The van der Waals surface area contributed by atoms with Crippen LogP contribution in [0.3, 0.4) is 0 Å². The molecular weight excluding hydrogens is 316 g/mol. The van der Waals surface area contributed by atoms with Gasteiger partial charge < -0.3 is 14.9 Å². The van der Waals surface area contributed by atoms with Gasteiger partial charge in [-0.2, -0.15) is 11.3 Å². The van der Waals surface area contributed by atoms with Crippen LogP contribution in [-0.4, -0.2) is 58.4 Å². The van der Waals surface area contributed by atoms with Gasteiger partial charge >= 0.3 is 5.97 Å². The van der Waals surface area contributed by atoms with Gasteiger partial charge in [-0.05, 0) is 37.1 Å². The van der Waals surface area contributed by atoms with Crippen LogP contribution in [0.4, 0.5) is 0 Å². The Morgan fingerprint density at radius 2 is 2.04 bits per heavy atom. The maximum absolute atomic E-state index is 12.6. The quantitative estimate of drug-likeness (QED) is 0.911. The Morgan fingerprint density at radius 1 is 1.30 bits per heavy atom. The number of carboxylic acids is 1. The van der Waals surface area contributed by atoms with Gasteiger partial charge in [0, 0.05) is 31.4 Å². The minimum absolute atomic E-state index is 0.0250. The highest BCUT2D eigenvalue weighted by Crippen LogP contribution is 2.21. The predicted octanol–water partition coefficient (Wildman–Crippen LogP) is 1.98. The van der Waals surface area contributed by atoms with Crippen molar-refractivity contribution in [2.45, 2.75) is 39.2 Å². The lowest BCUT2D eigenvalue weighted by Crippen LogP contribution is -2.43. The summed E-state index contributed by atoms with van der Waals surface area (Å²) in [7, 11) is 0. The summed E-state index contributed by atoms with van der Waals surface area (Å²) in [5.41, 5.74) is 1.72. The first-order chi connectivity index (χ1) is 10.9. The molecule has 1 aliphatic rings. The summed E-state index contributed by atoms with van der Waals surface area (Å²) in [6.45, 7) is 4.23. The molecule has 1 aromatic heterocycles. The van der Waals surface area contributed by atoms with Crippen LogP contribution in [0.5, 0.6) is 0 Å². The van der Waals surface area contributed by atoms with E-state index in [0.29, 0.717) is 19.5 Å². The number of carbonyl (C=O) groups excluding carboxylic acids is 2. The molecule has 6 nitrogen and oxygen atoms in total. The number of aryl methyl sites for hydroxylation is 1. The molecule has 1 atom stereocenters. The number of nitrogens with zero attached hydrogens (tertiary/aromatic N) is 2. The molecule has 7 heteroatoms. The van der Waals surface area contributed by atoms with Crippen LogP contribution >= 0.6 is 11.3 Å². The van der Waals surface area contributed by atoms with Crippen molar-refractivity contribution in [1.29, 1.82) is 0 Å². The fraction of sp³-hybridized carbons (Fsp3) is 0.562. The smallest absolute Gasteiger partial charge is 0.323 e. The Hall–Kier alpha value is -1.89. The number of thiophene rings is 1. The van der Waals surface area contributed by atoms with Crippen LogP contribution in [0.25, 0.3) is 0 Å². The second-order valence-corrected chi connectivity index (χ2v) is 6.63. The minimum Gasteiger partial charge on any atom is -0.480 e. The van der Waals surface area contributed by atoms with Gasteiger partial charge in [-0.1, -0.05) is 0 Å². The number of likely N-dealkylation sites (tertiary alicyclic amines) is 1. The maximum atomic E-state index is 12.6. The third-order valence-electron chi connectivity index (χ3n) is 4.22. The number of aliphatic carboxylic acids is 1. The molecule has 2 rings (SSSR count). The van der Waals surface area contributed by atoms with Crippen LogP contribution in [0.15, 0.2) is 10.8 Å². The van der Waals surface area contributed by atoms with Gasteiger partial charge in [-0.3, -0.25) is 14.4 Å². The summed E-state index contributed by atoms with van der Waals surface area (Å²) in [6.07, 6.45) is 2.10. The average molecular weight is 338 g/mol. The first-order valence-corrected chi connectivity index (χ1v) is 8.65. The summed E-state index contributed by atoms with van der Waals surface area (Å²) < 4.78 is 0. The molecule has 1 aliphatic heterocycles. The zero-order valence-electron chi connectivity index (χ0n) is 13.4. The molecule has 0 radical (unpaired) electrons. The molecular formula is C16H22N2O4S. The molecule has 23 heavy (non-hydrogen) atoms. The highest BCUT2D eigenvalue weighted by Gasteiger charge is 2.28. The number of amides is 2. The molecule has 1 aromatic rings. The molecule has 0 aliphatic carbocycles. The Morgan fingerprint density at radius 3 is 2.61 bits per heavy atom. The van der Waals surface area contributed by atoms with Gasteiger partial charge in [0.1, 0.15) is 6.54 Å². The average Bonchev–Trinajstić information content (AvgIpc) is 2.77. The second kappa shape index (κ2) is 7.59. The molecule has 2 heterocycles. The van der Waals surface area contributed by atoms with E-state index in [1.54, 1.807) is 0 Å². The standard InChI is InChI=1S/C16H22N2O4S/c1-11-9-23-10-14(11)16(22)17-6-3-4-13(5-7-17)18(12(2)19)8-15(20)21/h9-10,13H,3-8H2,1-2H3,(H,20,21). The zero-order valence-corrected chi connectivity index (χ0v) is 14.3. The molecule has 1 saturated heterocycles. The topological polar surface area (TPSA) is 77.9 Å². The molecule has 0 bridgehead atoms. The van der Waals surface area contributed by atoms with Crippen molar-refractivity contribution < 1.29 is 19.5 Å². The summed E-state index contributed by atoms with van der Waals surface area (Å²) in [6, 6.07) is -0.120. The SMILES string of the molecule is CC(=O)N(CC(=O)O)C1CCCN(C(=O)c2cscc2C)CC1. The number of hydrogen-bond donors (Lipinski definition) is 1. The lowest BCUT2D eigenvalue weighted by atomic mass is 10.1. The van der Waals surface area contributed by atoms with E-state index in [1.165, 1.54) is 23.2 Å². The van der Waals surface area contributed by atoms with E-state index >= 15 is 0 Å². The third kappa shape index (κ3) is 4.31. The van der Waals surface area contributed by atoms with E-state index in [0.717, 1.165) is 24.0 Å². The Balaban J connectivity index is 2.04. The normalized spacial score (nSPS) is 18.3. The van der Waals surface area contributed by atoms with E-state index in [9.17, 15) is 14.4 Å². The van der Waals surface area contributed by atoms with E-state index in [1.807, 2.05) is 22.6 Å². The van der Waals surface area contributed by atoms with Crippen molar-refractivity contribution in [3.05, 3.63) is 21.9 Å². The van der Waals surface area contributed by atoms with Crippen molar-refractivity contribution in [1.82, 2.24) is 9.80 Å². The summed E-state index contributed by atoms with van der Waals surface area (Å²) >= 11 is 1.51. The van der Waals surface area contributed by atoms with Gasteiger partial charge in [0.2, 0.25) is 5.91 Å². The second-order valence-electron chi connectivity index (χ2n) is 5.89. The monoisotopic (exact) mass is 338 g/mol. The molecule has 0 saturated carbocycles. The van der Waals surface area contributed by atoms with Crippen molar-refractivity contribution in [2.75, 3.05) is 19.6 Å². The molecule has 2 amide bonds. The Kier molecular flexibility index (Phi) is 5.76. The van der Waals surface area contributed by atoms with Crippen LogP contribution in [0.2, 0.25) is 0 Å². The summed E-state index contributed by atoms with van der Waals surface area (Å²) in [4.78, 5) is 38.5. The molecule has 1 unspecified atom stereocenters. The molecule has 0 spiro atoms. The van der Waals surface area contributed by atoms with E-state index in [-0.39, 0.29) is 24.4 Å². The van der Waals surface area contributed by atoms with Crippen LogP contribution < -0.4 is 0 Å². The molecule has 0 aromatic carbocycles. The fourth-order valence-corrected chi connectivity index (χ4v) is 3.81. The molecule has 1 fully saturated rings. The van der Waals surface area contributed by atoms with Crippen LogP contribution in [0.1, 0.15) is 42.1 Å². The Labute approximate surface area is 139 Å². The number of carbonyl (C=O) groups is 3. The van der Waals surface area contributed by atoms with Gasteiger partial charge in [0.05, 0.1) is 5.56 Å². The van der Waals surface area contributed by atoms with Crippen LogP contribution in [0, 0.1) is 6.92 Å². The molecule has 126 valence electrons. The van der Waals surface area contributed by atoms with Crippen LogP contribution in [-0.2, 0) is 9.59 Å². The number of carboxylic acid groups (broad SMARTS) is 1. The van der Waals surface area contributed by atoms with Crippen molar-refractivity contribution >= 4 is 29.1 Å². The lowest BCUT2D eigenvalue weighted by Gasteiger charge is -2.28. The fourth-order valence-electron chi connectivity index (χ4n) is 2.99. The number of rotatable bonds is 4. The highest BCUT2D eigenvalue weighted by molar-refractivity contribution is 7.08.